The molecule has 0 bridgehead atoms. The van der Waals surface area contributed by atoms with E-state index in [1.165, 1.54) is 12.1 Å². The Labute approximate surface area is 158 Å². The number of carbonyl (C=O) groups excluding carboxylic acids is 2. The molecular formula is C8H8O6Pb3-2. The van der Waals surface area contributed by atoms with Crippen molar-refractivity contribution in [3.8, 4) is 0 Å². The average molecular weight is 822 g/mol. The summed E-state index contributed by atoms with van der Waals surface area (Å²) >= 11 is 0. The van der Waals surface area contributed by atoms with Gasteiger partial charge in [-0.05, 0) is 0 Å². The van der Waals surface area contributed by atoms with Crippen molar-refractivity contribution >= 4 is 93.8 Å². The van der Waals surface area contributed by atoms with Crippen molar-refractivity contribution in [1.29, 1.82) is 0 Å². The minimum absolute atomic E-state index is 0. The third-order valence-corrected chi connectivity index (χ3v) is 1.37. The van der Waals surface area contributed by atoms with Gasteiger partial charge in [0.1, 0.15) is 0 Å². The van der Waals surface area contributed by atoms with Crippen LogP contribution in [0.4, 0.5) is 0 Å². The largest absolute Gasteiger partial charge is 0.545 e. The second-order valence-electron chi connectivity index (χ2n) is 2.12. The Morgan fingerprint density at radius 3 is 1.18 bits per heavy atom. The van der Waals surface area contributed by atoms with Crippen molar-refractivity contribution in [2.24, 2.45) is 0 Å². The molecule has 1 aromatic carbocycles. The molecule has 0 saturated heterocycles. The Morgan fingerprint density at radius 1 is 0.765 bits per heavy atom. The molecule has 17 heavy (non-hydrogen) atoms. The van der Waals surface area contributed by atoms with Crippen LogP contribution in [0.2, 0.25) is 0 Å². The summed E-state index contributed by atoms with van der Waals surface area (Å²) < 4.78 is 0. The van der Waals surface area contributed by atoms with E-state index in [0.717, 1.165) is 12.1 Å². The maximum absolute atomic E-state index is 10.3. The van der Waals surface area contributed by atoms with Gasteiger partial charge >= 0.3 is 0 Å². The van der Waals surface area contributed by atoms with E-state index in [1.54, 1.807) is 0 Å². The number of aromatic carboxylic acids is 2. The molecule has 1 rings (SSSR count). The van der Waals surface area contributed by atoms with E-state index in [1.807, 2.05) is 0 Å². The van der Waals surface area contributed by atoms with E-state index < -0.39 is 11.9 Å². The summed E-state index contributed by atoms with van der Waals surface area (Å²) in [5, 5.41) is 20.6. The predicted octanol–water partition coefficient (Wildman–Crippen LogP) is -4.38. The van der Waals surface area contributed by atoms with Gasteiger partial charge in [0.15, 0.2) is 0 Å². The van der Waals surface area contributed by atoms with Crippen LogP contribution in [0.1, 0.15) is 20.7 Å². The molecule has 6 nitrogen and oxygen atoms in total. The minimum Gasteiger partial charge on any atom is -0.545 e. The zero-order valence-electron chi connectivity index (χ0n) is 8.44. The fraction of sp³-hybridized carbons (Fsp3) is 0. The van der Waals surface area contributed by atoms with Gasteiger partial charge in [0.05, 0.1) is 11.9 Å². The fourth-order valence-corrected chi connectivity index (χ4v) is 0.839. The first-order valence-electron chi connectivity index (χ1n) is 3.14. The molecule has 0 saturated carbocycles. The summed E-state index contributed by atoms with van der Waals surface area (Å²) in [6.45, 7) is 0. The number of carboxylic acid groups (broad SMARTS) is 2. The third-order valence-electron chi connectivity index (χ3n) is 1.37. The zero-order valence-corrected chi connectivity index (χ0v) is 20.1. The molecule has 9 heteroatoms. The molecule has 0 spiro atoms. The Hall–Kier alpha value is 0.846. The molecule has 0 aliphatic carbocycles. The molecule has 0 amide bonds. The van der Waals surface area contributed by atoms with Gasteiger partial charge in [-0.1, -0.05) is 24.3 Å². The van der Waals surface area contributed by atoms with Crippen LogP contribution in [0.5, 0.6) is 0 Å². The summed E-state index contributed by atoms with van der Waals surface area (Å²) in [6.07, 6.45) is 0. The second kappa shape index (κ2) is 14.9. The van der Waals surface area contributed by atoms with Crippen LogP contribution >= 0.6 is 0 Å². The number of hydrogen-bond acceptors (Lipinski definition) is 4. The predicted molar refractivity (Wildman–Crippen MR) is 59.6 cm³/mol. The Morgan fingerprint density at radius 2 is 1.00 bits per heavy atom. The van der Waals surface area contributed by atoms with Gasteiger partial charge < -0.3 is 30.8 Å². The van der Waals surface area contributed by atoms with Gasteiger partial charge in [-0.2, -0.15) is 0 Å². The van der Waals surface area contributed by atoms with E-state index >= 15 is 0 Å². The van der Waals surface area contributed by atoms with Crippen LogP contribution < -0.4 is 10.2 Å². The summed E-state index contributed by atoms with van der Waals surface area (Å²) in [6, 6.07) is 5.14. The van der Waals surface area contributed by atoms with E-state index in [9.17, 15) is 19.8 Å². The van der Waals surface area contributed by atoms with Gasteiger partial charge in [0, 0.05) is 93.0 Å². The molecule has 1 aromatic rings. The Kier molecular flexibility index (Phi) is 26.9. The van der Waals surface area contributed by atoms with E-state index in [4.69, 9.17) is 0 Å². The third kappa shape index (κ3) is 9.43. The molecule has 0 unspecified atom stereocenters. The molecule has 0 aliphatic heterocycles. The van der Waals surface area contributed by atoms with Crippen LogP contribution in [-0.2, 0) is 0 Å². The topological polar surface area (TPSA) is 143 Å². The molecule has 0 atom stereocenters. The molecule has 12 radical (unpaired) electrons. The van der Waals surface area contributed by atoms with Gasteiger partial charge in [0.25, 0.3) is 0 Å². The van der Waals surface area contributed by atoms with Crippen molar-refractivity contribution < 1.29 is 30.8 Å². The second-order valence-corrected chi connectivity index (χ2v) is 2.12. The summed E-state index contributed by atoms with van der Waals surface area (Å²) in [5.74, 6) is -3.04. The van der Waals surface area contributed by atoms with E-state index in [-0.39, 0.29) is 104 Å². The van der Waals surface area contributed by atoms with Crippen LogP contribution in [0, 0.1) is 0 Å². The van der Waals surface area contributed by atoms with Crippen LogP contribution in [-0.4, -0.2) is 105 Å². The van der Waals surface area contributed by atoms with Crippen LogP contribution in [0.15, 0.2) is 24.3 Å². The van der Waals surface area contributed by atoms with Crippen molar-refractivity contribution in [3.63, 3.8) is 0 Å². The number of carboxylic acids is 2. The first kappa shape index (κ1) is 30.7. The number of carbonyl (C=O) groups is 2. The standard InChI is InChI=1S/C8H6O4.2H2O.3Pb/c9-7(10)5-3-1-2-4-6(5)8(11)12;;;;;/h1-4H,(H,9,10)(H,11,12);2*1H2;;;/p-2. The van der Waals surface area contributed by atoms with E-state index in [0.29, 0.717) is 0 Å². The summed E-state index contributed by atoms with van der Waals surface area (Å²) in [5.41, 5.74) is -0.727. The van der Waals surface area contributed by atoms with Crippen molar-refractivity contribution in [3.05, 3.63) is 35.4 Å². The monoisotopic (exact) mass is 824 g/mol. The number of benzene rings is 1. The first-order valence-corrected chi connectivity index (χ1v) is 3.14. The molecule has 0 aromatic heterocycles. The van der Waals surface area contributed by atoms with Crippen molar-refractivity contribution in [1.82, 2.24) is 0 Å². The van der Waals surface area contributed by atoms with Gasteiger partial charge in [-0.3, -0.25) is 0 Å². The van der Waals surface area contributed by atoms with Gasteiger partial charge in [0.2, 0.25) is 0 Å². The number of rotatable bonds is 2. The Bertz CT molecular complexity index is 311. The molecule has 0 fully saturated rings. The summed E-state index contributed by atoms with van der Waals surface area (Å²) in [7, 11) is 0. The molecule has 0 aliphatic rings. The molecule has 4 N–H and O–H groups in total. The van der Waals surface area contributed by atoms with Crippen molar-refractivity contribution in [2.75, 3.05) is 0 Å². The van der Waals surface area contributed by atoms with Gasteiger partial charge in [-0.15, -0.1) is 0 Å². The van der Waals surface area contributed by atoms with Crippen LogP contribution in [0.25, 0.3) is 0 Å². The van der Waals surface area contributed by atoms with Crippen molar-refractivity contribution in [2.45, 2.75) is 0 Å². The summed E-state index contributed by atoms with van der Waals surface area (Å²) in [4.78, 5) is 20.6. The van der Waals surface area contributed by atoms with Gasteiger partial charge in [-0.25, -0.2) is 0 Å². The number of hydrogen-bond donors (Lipinski definition) is 0. The zero-order chi connectivity index (χ0) is 9.14. The minimum atomic E-state index is -1.52. The smallest absolute Gasteiger partial charge is 0.0721 e. The van der Waals surface area contributed by atoms with E-state index in [2.05, 4.69) is 0 Å². The molecule has 0 heterocycles. The maximum Gasteiger partial charge on any atom is 0.0721 e. The average Bonchev–Trinajstić information content (AvgIpc) is 2.04. The first-order chi connectivity index (χ1) is 5.63. The normalized spacial score (nSPS) is 6.59. The SMILES string of the molecule is O.O.O=C([O-])c1ccccc1C(=O)[O-].[Pb].[Pb].[Pb]. The Balaban J connectivity index is -0.0000000960. The quantitative estimate of drug-likeness (QED) is 0.278. The molecule has 90 valence electrons. The maximum atomic E-state index is 10.3. The molecular weight excluding hydrogens is 814 g/mol. The van der Waals surface area contributed by atoms with Crippen LogP contribution in [0.3, 0.4) is 0 Å². The fourth-order valence-electron chi connectivity index (χ4n) is 0.839.